The number of aryl methyl sites for hydroxylation is 1. The van der Waals surface area contributed by atoms with Gasteiger partial charge < -0.3 is 20.4 Å². The third-order valence-corrected chi connectivity index (χ3v) is 6.05. The van der Waals surface area contributed by atoms with Crippen molar-refractivity contribution in [3.05, 3.63) is 52.5 Å². The molecule has 1 saturated heterocycles. The van der Waals surface area contributed by atoms with Crippen molar-refractivity contribution in [2.75, 3.05) is 13.2 Å². The van der Waals surface area contributed by atoms with Crippen molar-refractivity contribution in [2.24, 2.45) is 11.0 Å². The number of amides is 2. The summed E-state index contributed by atoms with van der Waals surface area (Å²) in [7, 11) is 0. The van der Waals surface area contributed by atoms with Crippen molar-refractivity contribution < 1.29 is 19.8 Å². The zero-order valence-electron chi connectivity index (χ0n) is 19.6. The van der Waals surface area contributed by atoms with Crippen molar-refractivity contribution >= 4 is 11.8 Å². The lowest BCUT2D eigenvalue weighted by molar-refractivity contribution is -0.140. The van der Waals surface area contributed by atoms with E-state index in [2.05, 4.69) is 20.4 Å². The molecule has 1 aliphatic rings. The summed E-state index contributed by atoms with van der Waals surface area (Å²) in [5, 5.41) is 30.8. The summed E-state index contributed by atoms with van der Waals surface area (Å²) < 4.78 is 1.87. The van der Waals surface area contributed by atoms with E-state index in [0.717, 1.165) is 17.8 Å². The highest BCUT2D eigenvalue weighted by Crippen LogP contribution is 2.25. The number of carbonyl (C=O) groups excluding carboxylic acids is 2. The van der Waals surface area contributed by atoms with E-state index >= 15 is 0 Å². The van der Waals surface area contributed by atoms with Crippen molar-refractivity contribution in [3.8, 4) is 11.3 Å². The average molecular weight is 470 g/mol. The molecule has 11 heteroatoms. The third kappa shape index (κ3) is 5.39. The van der Waals surface area contributed by atoms with E-state index in [9.17, 15) is 19.8 Å². The molecule has 2 heterocycles. The summed E-state index contributed by atoms with van der Waals surface area (Å²) >= 11 is 0. The van der Waals surface area contributed by atoms with E-state index in [-0.39, 0.29) is 25.5 Å². The number of benzene rings is 1. The Labute approximate surface area is 198 Å². The van der Waals surface area contributed by atoms with Gasteiger partial charge in [0.25, 0.3) is 0 Å². The fourth-order valence-corrected chi connectivity index (χ4v) is 4.22. The van der Waals surface area contributed by atoms with Gasteiger partial charge in [-0.15, -0.1) is 0 Å². The first-order valence-electron chi connectivity index (χ1n) is 11.4. The molecule has 11 nitrogen and oxygen atoms in total. The van der Waals surface area contributed by atoms with Crippen LogP contribution in [0.3, 0.4) is 0 Å². The molecule has 3 N–H and O–H groups in total. The maximum absolute atomic E-state index is 13.1. The highest BCUT2D eigenvalue weighted by atomic mass is 16.3. The number of azide groups is 1. The number of nitrogens with zero attached hydrogens (tertiary/aromatic N) is 6. The van der Waals surface area contributed by atoms with Crippen LogP contribution in [0, 0.1) is 5.92 Å². The van der Waals surface area contributed by atoms with E-state index < -0.39 is 36.0 Å². The van der Waals surface area contributed by atoms with Crippen LogP contribution in [-0.4, -0.2) is 68.0 Å². The Kier molecular flexibility index (Phi) is 8.27. The number of β-amino-alcohol motifs (C(OH)–C–C–N with tert-alkyl or cyclic N) is 1. The predicted octanol–water partition coefficient (Wildman–Crippen LogP) is 2.02. The number of likely N-dealkylation sites (tertiary alicyclic amines) is 1. The monoisotopic (exact) mass is 469 g/mol. The Balaban J connectivity index is 1.75. The quantitative estimate of drug-likeness (QED) is 0.291. The van der Waals surface area contributed by atoms with Crippen molar-refractivity contribution in [2.45, 2.75) is 58.0 Å². The molecule has 1 aliphatic heterocycles. The lowest BCUT2D eigenvalue weighted by Gasteiger charge is -2.29. The van der Waals surface area contributed by atoms with Gasteiger partial charge in [0.15, 0.2) is 0 Å². The van der Waals surface area contributed by atoms with Gasteiger partial charge in [0, 0.05) is 30.6 Å². The number of hydrogen-bond donors (Lipinski definition) is 3. The topological polar surface area (TPSA) is 156 Å². The first-order valence-corrected chi connectivity index (χ1v) is 11.4. The average Bonchev–Trinajstić information content (AvgIpc) is 3.47. The lowest BCUT2D eigenvalue weighted by Crippen LogP contribution is -2.50. The summed E-state index contributed by atoms with van der Waals surface area (Å²) in [5.41, 5.74) is 11.4. The van der Waals surface area contributed by atoms with Gasteiger partial charge in [-0.1, -0.05) is 43.2 Å². The molecule has 0 bridgehead atoms. The fourth-order valence-electron chi connectivity index (χ4n) is 4.22. The summed E-state index contributed by atoms with van der Waals surface area (Å²) in [6.07, 6.45) is 0.934. The Hall–Kier alpha value is -3.40. The Morgan fingerprint density at radius 2 is 2.00 bits per heavy atom. The van der Waals surface area contributed by atoms with Gasteiger partial charge in [-0.2, -0.15) is 5.10 Å². The van der Waals surface area contributed by atoms with Crippen molar-refractivity contribution in [3.63, 3.8) is 0 Å². The standard InChI is InChI=1S/C23H31N7O4/c1-4-30-19(9-10-25-30)16-7-5-15(6-8-16)18(13-31)26-22(33)20-11-17(32)12-29(20)23(34)21(14(2)3)27-28-24/h5-10,14,17-18,20-21,31-32H,4,11-13H2,1-3H3,(H,26,33)/t17-,18-,20+,21+/m1/s1. The third-order valence-electron chi connectivity index (χ3n) is 6.05. The van der Waals surface area contributed by atoms with Crippen LogP contribution >= 0.6 is 0 Å². The van der Waals surface area contributed by atoms with Crippen LogP contribution in [0.25, 0.3) is 21.7 Å². The van der Waals surface area contributed by atoms with Crippen LogP contribution in [0.4, 0.5) is 0 Å². The molecule has 182 valence electrons. The second kappa shape index (κ2) is 11.1. The number of carbonyl (C=O) groups is 2. The normalized spacial score (nSPS) is 19.5. The molecule has 4 atom stereocenters. The van der Waals surface area contributed by atoms with Crippen LogP contribution in [0.1, 0.15) is 38.8 Å². The van der Waals surface area contributed by atoms with Crippen molar-refractivity contribution in [1.82, 2.24) is 20.0 Å². The van der Waals surface area contributed by atoms with E-state index in [1.54, 1.807) is 20.0 Å². The van der Waals surface area contributed by atoms with Crippen LogP contribution in [0.5, 0.6) is 0 Å². The summed E-state index contributed by atoms with van der Waals surface area (Å²) in [6, 6.07) is 6.78. The minimum absolute atomic E-state index is 0.0231. The number of aliphatic hydroxyl groups is 2. The number of hydrogen-bond acceptors (Lipinski definition) is 6. The molecule has 0 spiro atoms. The predicted molar refractivity (Wildman–Crippen MR) is 125 cm³/mol. The Morgan fingerprint density at radius 1 is 1.29 bits per heavy atom. The van der Waals surface area contributed by atoms with Crippen LogP contribution in [-0.2, 0) is 16.1 Å². The second-order valence-electron chi connectivity index (χ2n) is 8.69. The Bertz CT molecular complexity index is 1050. The number of aromatic nitrogens is 2. The zero-order valence-corrected chi connectivity index (χ0v) is 19.6. The molecular weight excluding hydrogens is 438 g/mol. The first-order chi connectivity index (χ1) is 16.3. The van der Waals surface area contributed by atoms with E-state index in [0.29, 0.717) is 5.56 Å². The minimum atomic E-state index is -0.969. The smallest absolute Gasteiger partial charge is 0.243 e. The summed E-state index contributed by atoms with van der Waals surface area (Å²) in [4.78, 5) is 30.1. The summed E-state index contributed by atoms with van der Waals surface area (Å²) in [6.45, 7) is 5.88. The van der Waals surface area contributed by atoms with Crippen LogP contribution in [0.2, 0.25) is 0 Å². The summed E-state index contributed by atoms with van der Waals surface area (Å²) in [5.74, 6) is -1.25. The van der Waals surface area contributed by atoms with E-state index in [1.807, 2.05) is 41.9 Å². The van der Waals surface area contributed by atoms with Crippen molar-refractivity contribution in [1.29, 1.82) is 0 Å². The largest absolute Gasteiger partial charge is 0.394 e. The molecule has 2 aromatic rings. The molecule has 1 aromatic heterocycles. The molecule has 0 unspecified atom stereocenters. The zero-order chi connectivity index (χ0) is 24.8. The SMILES string of the molecule is CCn1nccc1-c1ccc([C@@H](CO)NC(=O)[C@@H]2C[C@@H](O)CN2C(=O)[C@@H](N=[N+]=[N-])C(C)C)cc1. The van der Waals surface area contributed by atoms with E-state index in [1.165, 1.54) is 4.90 Å². The maximum Gasteiger partial charge on any atom is 0.243 e. The van der Waals surface area contributed by atoms with Gasteiger partial charge in [-0.25, -0.2) is 0 Å². The van der Waals surface area contributed by atoms with Gasteiger partial charge in [-0.3, -0.25) is 14.3 Å². The number of rotatable bonds is 9. The first kappa shape index (κ1) is 25.2. The molecule has 0 saturated carbocycles. The van der Waals surface area contributed by atoms with Gasteiger partial charge in [0.05, 0.1) is 24.4 Å². The fraction of sp³-hybridized carbons (Fsp3) is 0.522. The highest BCUT2D eigenvalue weighted by molar-refractivity contribution is 5.91. The van der Waals surface area contributed by atoms with Crippen LogP contribution < -0.4 is 5.32 Å². The molecular formula is C23H31N7O4. The molecule has 0 aliphatic carbocycles. The minimum Gasteiger partial charge on any atom is -0.394 e. The highest BCUT2D eigenvalue weighted by Gasteiger charge is 2.42. The number of aliphatic hydroxyl groups excluding tert-OH is 2. The number of nitrogens with one attached hydrogen (secondary N) is 1. The molecule has 1 fully saturated rings. The van der Waals surface area contributed by atoms with Crippen LogP contribution in [0.15, 0.2) is 41.6 Å². The molecule has 3 rings (SSSR count). The van der Waals surface area contributed by atoms with Gasteiger partial charge in [0.1, 0.15) is 12.1 Å². The van der Waals surface area contributed by atoms with Gasteiger partial charge >= 0.3 is 0 Å². The van der Waals surface area contributed by atoms with Gasteiger partial charge in [0.2, 0.25) is 11.8 Å². The maximum atomic E-state index is 13.1. The molecule has 34 heavy (non-hydrogen) atoms. The van der Waals surface area contributed by atoms with E-state index in [4.69, 9.17) is 5.53 Å². The Morgan fingerprint density at radius 3 is 2.59 bits per heavy atom. The molecule has 2 amide bonds. The molecule has 0 radical (unpaired) electrons. The second-order valence-corrected chi connectivity index (χ2v) is 8.69. The molecule has 1 aromatic carbocycles. The van der Waals surface area contributed by atoms with Gasteiger partial charge in [-0.05, 0) is 35.6 Å². The lowest BCUT2D eigenvalue weighted by atomic mass is 10.0.